The van der Waals surface area contributed by atoms with Crippen molar-refractivity contribution in [3.05, 3.63) is 46.9 Å². The summed E-state index contributed by atoms with van der Waals surface area (Å²) < 4.78 is 97.4. The first-order valence-electron chi connectivity index (χ1n) is 9.66. The van der Waals surface area contributed by atoms with Crippen LogP contribution in [0.2, 0.25) is 0 Å². The summed E-state index contributed by atoms with van der Waals surface area (Å²) in [5.74, 6) is -7.25. The van der Waals surface area contributed by atoms with E-state index in [0.717, 1.165) is 13.2 Å². The molecule has 0 spiro atoms. The third-order valence-electron chi connectivity index (χ3n) is 4.60. The zero-order chi connectivity index (χ0) is 26.4. The number of halogens is 5. The maximum atomic E-state index is 13.3. The fraction of sp³-hybridized carbons (Fsp3) is 0.318. The minimum absolute atomic E-state index is 0.153. The van der Waals surface area contributed by atoms with Crippen molar-refractivity contribution in [1.82, 2.24) is 0 Å². The minimum atomic E-state index is -6.07. The number of ether oxygens (including phenoxy) is 4. The van der Waals surface area contributed by atoms with Gasteiger partial charge in [-0.3, -0.25) is 4.79 Å². The van der Waals surface area contributed by atoms with Crippen LogP contribution in [-0.2, 0) is 21.7 Å². The fourth-order valence-electron chi connectivity index (χ4n) is 2.83. The average molecular weight is 523 g/mol. The topological polar surface area (TPSA) is 89.1 Å². The molecule has 0 bridgehead atoms. The largest absolute Gasteiger partial charge is 0.612 e. The van der Waals surface area contributed by atoms with E-state index in [1.54, 1.807) is 12.1 Å². The van der Waals surface area contributed by atoms with Crippen LogP contribution < -0.4 is 24.3 Å². The number of rotatable bonds is 10. The van der Waals surface area contributed by atoms with Crippen molar-refractivity contribution in [1.29, 1.82) is 0 Å². The molecule has 0 aliphatic carbocycles. The summed E-state index contributed by atoms with van der Waals surface area (Å²) in [7, 11) is 5.47. The number of hydrogen-bond donors (Lipinski definition) is 1. The van der Waals surface area contributed by atoms with Crippen molar-refractivity contribution in [2.24, 2.45) is 0 Å². The molecule has 35 heavy (non-hydrogen) atoms. The molecule has 13 heteroatoms. The molecule has 2 aromatic carbocycles. The molecule has 0 aliphatic rings. The molecule has 0 aromatic heterocycles. The second-order valence-electron chi connectivity index (χ2n) is 6.83. The van der Waals surface area contributed by atoms with Crippen LogP contribution in [0, 0.1) is 0 Å². The molecule has 2 aromatic rings. The first kappa shape index (κ1) is 28.1. The number of nitrogens with one attached hydrogen (secondary N) is 1. The first-order valence-corrected chi connectivity index (χ1v) is 11.0. The summed E-state index contributed by atoms with van der Waals surface area (Å²) in [5.41, 5.74) is 0.313. The third kappa shape index (κ3) is 6.69. The Morgan fingerprint density at radius 1 is 0.943 bits per heavy atom. The highest BCUT2D eigenvalue weighted by atomic mass is 32.2. The molecule has 1 N–H and O–H groups in total. The van der Waals surface area contributed by atoms with Crippen LogP contribution in [0.15, 0.2) is 35.7 Å². The van der Waals surface area contributed by atoms with Crippen molar-refractivity contribution < 1.29 is 50.2 Å². The Labute approximate surface area is 201 Å². The van der Waals surface area contributed by atoms with E-state index in [-0.39, 0.29) is 17.1 Å². The van der Waals surface area contributed by atoms with Crippen molar-refractivity contribution in [2.75, 3.05) is 33.8 Å². The van der Waals surface area contributed by atoms with Gasteiger partial charge in [0.1, 0.15) is 34.2 Å². The average Bonchev–Trinajstić information content (AvgIpc) is 2.81. The predicted octanol–water partition coefficient (Wildman–Crippen LogP) is 4.78. The number of hydrogen-bond acceptors (Lipinski definition) is 6. The lowest BCUT2D eigenvalue weighted by atomic mass is 10.1. The van der Waals surface area contributed by atoms with Gasteiger partial charge in [0.2, 0.25) is 0 Å². The van der Waals surface area contributed by atoms with Crippen molar-refractivity contribution in [3.8, 4) is 23.0 Å². The minimum Gasteiger partial charge on any atom is -0.612 e. The number of benzene rings is 2. The Balaban J connectivity index is 2.26. The molecule has 0 radical (unpaired) electrons. The Hall–Kier alpha value is -3.19. The van der Waals surface area contributed by atoms with E-state index in [4.69, 9.17) is 18.9 Å². The molecule has 0 saturated heterocycles. The second-order valence-corrected chi connectivity index (χ2v) is 8.16. The van der Waals surface area contributed by atoms with Crippen LogP contribution in [0.1, 0.15) is 11.1 Å². The Kier molecular flexibility index (Phi) is 9.21. The monoisotopic (exact) mass is 523 g/mol. The van der Waals surface area contributed by atoms with Gasteiger partial charge >= 0.3 is 18.0 Å². The molecule has 2 rings (SSSR count). The smallest absolute Gasteiger partial charge is 0.463 e. The Bertz CT molecular complexity index is 1050. The zero-order valence-electron chi connectivity index (χ0n) is 19.0. The van der Waals surface area contributed by atoms with Crippen molar-refractivity contribution in [3.63, 3.8) is 0 Å². The highest BCUT2D eigenvalue weighted by Crippen LogP contribution is 2.38. The lowest BCUT2D eigenvalue weighted by Gasteiger charge is -2.20. The van der Waals surface area contributed by atoms with Crippen LogP contribution in [-0.4, -0.2) is 51.0 Å². The maximum Gasteiger partial charge on any atom is 0.463 e. The van der Waals surface area contributed by atoms with E-state index in [0.29, 0.717) is 22.8 Å². The molecule has 0 saturated carbocycles. The third-order valence-corrected chi connectivity index (χ3v) is 5.66. The summed E-state index contributed by atoms with van der Waals surface area (Å²) in [5, 5.41) is 2.85. The zero-order valence-corrected chi connectivity index (χ0v) is 19.8. The fourth-order valence-corrected chi connectivity index (χ4v) is 3.72. The second kappa shape index (κ2) is 11.5. The highest BCUT2D eigenvalue weighted by molar-refractivity contribution is 7.93. The standard InChI is InChI=1S/C22H22F5NO6S/c1-31-14-10-18(33-3)15(19(11-14)34-4)7-8-35(30)12-13-5-6-17(32-2)16(9-13)28-20(29)21(23,24)22(25,26)27/h5-11H,12H2,1-4H3,(H,28,29). The molecule has 1 unspecified atom stereocenters. The van der Waals surface area contributed by atoms with Crippen molar-refractivity contribution >= 4 is 28.8 Å². The summed E-state index contributed by atoms with van der Waals surface area (Å²) in [4.78, 5) is 11.6. The van der Waals surface area contributed by atoms with Gasteiger partial charge in [0.15, 0.2) is 0 Å². The number of amides is 1. The van der Waals surface area contributed by atoms with Gasteiger partial charge in [0.25, 0.3) is 0 Å². The van der Waals surface area contributed by atoms with E-state index in [1.807, 2.05) is 0 Å². The number of anilines is 1. The van der Waals surface area contributed by atoms with Gasteiger partial charge in [0.05, 0.1) is 39.7 Å². The first-order chi connectivity index (χ1) is 16.4. The Morgan fingerprint density at radius 2 is 1.51 bits per heavy atom. The van der Waals surface area contributed by atoms with E-state index in [9.17, 15) is 31.3 Å². The van der Waals surface area contributed by atoms with Gasteiger partial charge in [-0.1, -0.05) is 6.07 Å². The van der Waals surface area contributed by atoms with Gasteiger partial charge in [-0.25, -0.2) is 0 Å². The molecule has 1 atom stereocenters. The number of carbonyl (C=O) groups is 1. The van der Waals surface area contributed by atoms with Gasteiger partial charge in [-0.05, 0) is 23.3 Å². The van der Waals surface area contributed by atoms with Gasteiger partial charge < -0.3 is 28.8 Å². The lowest BCUT2D eigenvalue weighted by Crippen LogP contribution is -2.47. The predicted molar refractivity (Wildman–Crippen MR) is 120 cm³/mol. The summed E-state index contributed by atoms with van der Waals surface area (Å²) >= 11 is -1.66. The van der Waals surface area contributed by atoms with E-state index >= 15 is 0 Å². The summed E-state index contributed by atoms with van der Waals surface area (Å²) in [6.07, 6.45) is -4.58. The van der Waals surface area contributed by atoms with Gasteiger partial charge in [-0.2, -0.15) is 22.0 Å². The van der Waals surface area contributed by atoms with Crippen LogP contribution in [0.4, 0.5) is 27.6 Å². The molecule has 7 nitrogen and oxygen atoms in total. The number of carbonyl (C=O) groups excluding carboxylic acids is 1. The van der Waals surface area contributed by atoms with Crippen LogP contribution in [0.3, 0.4) is 0 Å². The maximum absolute atomic E-state index is 13.3. The normalized spacial score (nSPS) is 12.9. The number of methoxy groups -OCH3 is 4. The van der Waals surface area contributed by atoms with Gasteiger partial charge in [0, 0.05) is 23.8 Å². The molecule has 192 valence electrons. The van der Waals surface area contributed by atoms with Gasteiger partial charge in [-0.15, -0.1) is 0 Å². The van der Waals surface area contributed by atoms with E-state index in [1.165, 1.54) is 50.3 Å². The SMILES string of the molecule is COc1cc(OC)c(C=C[S+]([O-])Cc2ccc(OC)c(NC(=O)C(F)(F)C(F)(F)F)c2)c(OC)c1. The number of alkyl halides is 5. The van der Waals surface area contributed by atoms with Crippen LogP contribution >= 0.6 is 0 Å². The molecular formula is C22H22F5NO6S. The quantitative estimate of drug-likeness (QED) is 0.356. The Morgan fingerprint density at radius 3 is 2.00 bits per heavy atom. The summed E-state index contributed by atoms with van der Waals surface area (Å²) in [6, 6.07) is 6.97. The van der Waals surface area contributed by atoms with E-state index < -0.39 is 34.9 Å². The molecular weight excluding hydrogens is 501 g/mol. The lowest BCUT2D eigenvalue weighted by molar-refractivity contribution is -0.267. The van der Waals surface area contributed by atoms with Crippen LogP contribution in [0.25, 0.3) is 6.08 Å². The summed E-state index contributed by atoms with van der Waals surface area (Å²) in [6.45, 7) is 0. The van der Waals surface area contributed by atoms with Crippen molar-refractivity contribution in [2.45, 2.75) is 17.9 Å². The molecule has 0 aliphatic heterocycles. The highest BCUT2D eigenvalue weighted by Gasteiger charge is 2.63. The molecule has 1 amide bonds. The molecule has 0 heterocycles. The van der Waals surface area contributed by atoms with Crippen LogP contribution in [0.5, 0.6) is 23.0 Å². The van der Waals surface area contributed by atoms with E-state index in [2.05, 4.69) is 0 Å². The molecule has 0 fully saturated rings.